The lowest BCUT2D eigenvalue weighted by Crippen LogP contribution is -2.29. The summed E-state index contributed by atoms with van der Waals surface area (Å²) in [5.41, 5.74) is 2.30. The Morgan fingerprint density at radius 1 is 1.38 bits per heavy atom. The van der Waals surface area contributed by atoms with Crippen LogP contribution in [0.4, 0.5) is 0 Å². The van der Waals surface area contributed by atoms with Gasteiger partial charge in [0, 0.05) is 11.8 Å². The number of aromatic amines is 1. The molecule has 1 N–H and O–H groups in total. The molecule has 1 atom stereocenters. The summed E-state index contributed by atoms with van der Waals surface area (Å²) >= 11 is 0. The Hall–Kier alpha value is -1.90. The third-order valence-corrected chi connectivity index (χ3v) is 3.37. The zero-order chi connectivity index (χ0) is 11.2. The number of H-pyrrole nitrogens is 1. The Morgan fingerprint density at radius 3 is 2.88 bits per heavy atom. The Morgan fingerprint density at radius 2 is 2.19 bits per heavy atom. The molecule has 0 spiro atoms. The maximum absolute atomic E-state index is 12.4. The predicted octanol–water partition coefficient (Wildman–Crippen LogP) is 2.11. The summed E-state index contributed by atoms with van der Waals surface area (Å²) in [5.74, 6) is 0.176. The molecule has 0 bridgehead atoms. The van der Waals surface area contributed by atoms with E-state index in [9.17, 15) is 4.79 Å². The number of benzene rings is 1. The van der Waals surface area contributed by atoms with Gasteiger partial charge >= 0.3 is 0 Å². The number of fused-ring (bicyclic) bond motifs is 1. The molecule has 80 valence electrons. The second kappa shape index (κ2) is 3.04. The normalized spacial score (nSPS) is 23.4. The van der Waals surface area contributed by atoms with E-state index in [-0.39, 0.29) is 5.78 Å². The molecule has 0 amide bonds. The van der Waals surface area contributed by atoms with Crippen LogP contribution in [0.2, 0.25) is 0 Å². The summed E-state index contributed by atoms with van der Waals surface area (Å²) in [5, 5.41) is 0. The van der Waals surface area contributed by atoms with E-state index in [1.165, 1.54) is 0 Å². The smallest absolute Gasteiger partial charge is 0.175 e. The monoisotopic (exact) mass is 212 g/mol. The number of hydrogen-bond acceptors (Lipinski definition) is 2. The SMILES string of the molecule is CC1(c2c[nH]cn2)Cc2ccccc2C1=O. The van der Waals surface area contributed by atoms with E-state index in [1.807, 2.05) is 37.4 Å². The van der Waals surface area contributed by atoms with Crippen LogP contribution in [0.25, 0.3) is 0 Å². The van der Waals surface area contributed by atoms with Gasteiger partial charge in [-0.15, -0.1) is 0 Å². The van der Waals surface area contributed by atoms with E-state index in [0.717, 1.165) is 23.2 Å². The number of carbonyl (C=O) groups is 1. The summed E-state index contributed by atoms with van der Waals surface area (Å²) in [6.45, 7) is 1.96. The van der Waals surface area contributed by atoms with Gasteiger partial charge in [-0.2, -0.15) is 0 Å². The fourth-order valence-electron chi connectivity index (χ4n) is 2.42. The number of aromatic nitrogens is 2. The second-order valence-electron chi connectivity index (χ2n) is 4.45. The second-order valence-corrected chi connectivity index (χ2v) is 4.45. The highest BCUT2D eigenvalue weighted by Gasteiger charge is 2.43. The molecule has 16 heavy (non-hydrogen) atoms. The summed E-state index contributed by atoms with van der Waals surface area (Å²) in [4.78, 5) is 19.5. The first-order chi connectivity index (χ1) is 7.72. The average molecular weight is 212 g/mol. The van der Waals surface area contributed by atoms with Gasteiger partial charge in [-0.1, -0.05) is 24.3 Å². The largest absolute Gasteiger partial charge is 0.351 e. The fourth-order valence-corrected chi connectivity index (χ4v) is 2.42. The number of nitrogens with one attached hydrogen (secondary N) is 1. The lowest BCUT2D eigenvalue weighted by Gasteiger charge is -2.18. The number of Topliss-reactive ketones (excluding diaryl/α,β-unsaturated/α-hetero) is 1. The molecular weight excluding hydrogens is 200 g/mol. The number of carbonyl (C=O) groups excluding carboxylic acids is 1. The Balaban J connectivity index is 2.13. The lowest BCUT2D eigenvalue weighted by atomic mass is 9.83. The van der Waals surface area contributed by atoms with Crippen molar-refractivity contribution in [3.05, 3.63) is 53.6 Å². The van der Waals surface area contributed by atoms with Crippen molar-refractivity contribution in [2.75, 3.05) is 0 Å². The molecule has 0 aliphatic heterocycles. The van der Waals surface area contributed by atoms with Gasteiger partial charge in [0.25, 0.3) is 0 Å². The average Bonchev–Trinajstić information content (AvgIpc) is 2.89. The Labute approximate surface area is 93.5 Å². The Kier molecular flexibility index (Phi) is 1.78. The summed E-state index contributed by atoms with van der Waals surface area (Å²) in [7, 11) is 0. The third-order valence-electron chi connectivity index (χ3n) is 3.37. The number of imidazole rings is 1. The maximum atomic E-state index is 12.4. The molecule has 0 radical (unpaired) electrons. The van der Waals surface area contributed by atoms with Gasteiger partial charge < -0.3 is 4.98 Å². The van der Waals surface area contributed by atoms with Crippen LogP contribution in [0.3, 0.4) is 0 Å². The van der Waals surface area contributed by atoms with Crippen molar-refractivity contribution in [3.63, 3.8) is 0 Å². The van der Waals surface area contributed by atoms with Gasteiger partial charge in [-0.05, 0) is 18.9 Å². The molecular formula is C13H12N2O. The van der Waals surface area contributed by atoms with Crippen molar-refractivity contribution in [2.24, 2.45) is 0 Å². The number of rotatable bonds is 1. The van der Waals surface area contributed by atoms with Gasteiger partial charge in [0.05, 0.1) is 17.4 Å². The van der Waals surface area contributed by atoms with E-state index >= 15 is 0 Å². The molecule has 1 aliphatic carbocycles. The highest BCUT2D eigenvalue weighted by Crippen LogP contribution is 2.38. The topological polar surface area (TPSA) is 45.8 Å². The van der Waals surface area contributed by atoms with Crippen molar-refractivity contribution in [1.82, 2.24) is 9.97 Å². The van der Waals surface area contributed by atoms with E-state index in [0.29, 0.717) is 0 Å². The summed E-state index contributed by atoms with van der Waals surface area (Å²) in [6, 6.07) is 7.80. The molecule has 3 rings (SSSR count). The fraction of sp³-hybridized carbons (Fsp3) is 0.231. The minimum atomic E-state index is -0.496. The van der Waals surface area contributed by atoms with Gasteiger partial charge in [0.2, 0.25) is 0 Å². The minimum Gasteiger partial charge on any atom is -0.351 e. The zero-order valence-corrected chi connectivity index (χ0v) is 9.03. The quantitative estimate of drug-likeness (QED) is 0.786. The van der Waals surface area contributed by atoms with Gasteiger partial charge in [0.15, 0.2) is 5.78 Å². The van der Waals surface area contributed by atoms with Crippen molar-refractivity contribution < 1.29 is 4.79 Å². The molecule has 0 saturated heterocycles. The van der Waals surface area contributed by atoms with Crippen LogP contribution in [0, 0.1) is 0 Å². The van der Waals surface area contributed by atoms with Crippen LogP contribution in [-0.4, -0.2) is 15.8 Å². The van der Waals surface area contributed by atoms with Crippen LogP contribution in [-0.2, 0) is 11.8 Å². The molecule has 1 aromatic heterocycles. The van der Waals surface area contributed by atoms with E-state index < -0.39 is 5.41 Å². The summed E-state index contributed by atoms with van der Waals surface area (Å²) < 4.78 is 0. The molecule has 0 fully saturated rings. The maximum Gasteiger partial charge on any atom is 0.175 e. The van der Waals surface area contributed by atoms with E-state index in [1.54, 1.807) is 6.33 Å². The number of ketones is 1. The van der Waals surface area contributed by atoms with Crippen LogP contribution < -0.4 is 0 Å². The molecule has 3 nitrogen and oxygen atoms in total. The minimum absolute atomic E-state index is 0.176. The van der Waals surface area contributed by atoms with Crippen molar-refractivity contribution in [2.45, 2.75) is 18.8 Å². The highest BCUT2D eigenvalue weighted by molar-refractivity contribution is 6.07. The van der Waals surface area contributed by atoms with Crippen LogP contribution in [0.5, 0.6) is 0 Å². The third kappa shape index (κ3) is 1.08. The van der Waals surface area contributed by atoms with Crippen molar-refractivity contribution in [3.8, 4) is 0 Å². The number of hydrogen-bond donors (Lipinski definition) is 1. The zero-order valence-electron chi connectivity index (χ0n) is 9.03. The lowest BCUT2D eigenvalue weighted by molar-refractivity contribution is 0.0912. The standard InChI is InChI=1S/C13H12N2O/c1-13(11-7-14-8-15-11)6-9-4-2-3-5-10(9)12(13)16/h2-5,7-8H,6H2,1H3,(H,14,15). The predicted molar refractivity (Wildman–Crippen MR) is 60.4 cm³/mol. The number of nitrogens with zero attached hydrogens (tertiary/aromatic N) is 1. The van der Waals surface area contributed by atoms with Crippen LogP contribution in [0.1, 0.15) is 28.5 Å². The Bertz CT molecular complexity index is 545. The van der Waals surface area contributed by atoms with Gasteiger partial charge in [-0.25, -0.2) is 4.98 Å². The summed E-state index contributed by atoms with van der Waals surface area (Å²) in [6.07, 6.45) is 4.17. The van der Waals surface area contributed by atoms with Gasteiger partial charge in [-0.3, -0.25) is 4.79 Å². The molecule has 1 heterocycles. The van der Waals surface area contributed by atoms with Crippen LogP contribution >= 0.6 is 0 Å². The van der Waals surface area contributed by atoms with Crippen LogP contribution in [0.15, 0.2) is 36.8 Å². The van der Waals surface area contributed by atoms with E-state index in [2.05, 4.69) is 9.97 Å². The molecule has 3 heteroatoms. The molecule has 1 unspecified atom stereocenters. The molecule has 0 saturated carbocycles. The molecule has 1 aromatic carbocycles. The van der Waals surface area contributed by atoms with Crippen molar-refractivity contribution in [1.29, 1.82) is 0 Å². The van der Waals surface area contributed by atoms with Crippen molar-refractivity contribution >= 4 is 5.78 Å². The first kappa shape index (κ1) is 9.33. The molecule has 2 aromatic rings. The highest BCUT2D eigenvalue weighted by atomic mass is 16.1. The first-order valence-corrected chi connectivity index (χ1v) is 5.34. The van der Waals surface area contributed by atoms with Gasteiger partial charge in [0.1, 0.15) is 0 Å². The first-order valence-electron chi connectivity index (χ1n) is 5.34. The molecule has 1 aliphatic rings. The van der Waals surface area contributed by atoms with E-state index in [4.69, 9.17) is 0 Å².